The van der Waals surface area contributed by atoms with E-state index in [1.165, 1.54) is 4.90 Å². The van der Waals surface area contributed by atoms with Crippen LogP contribution in [0, 0.1) is 6.92 Å². The fourth-order valence-corrected chi connectivity index (χ4v) is 3.75. The van der Waals surface area contributed by atoms with Crippen molar-refractivity contribution in [2.75, 3.05) is 15.5 Å². The van der Waals surface area contributed by atoms with Crippen molar-refractivity contribution in [1.82, 2.24) is 0 Å². The van der Waals surface area contributed by atoms with Crippen molar-refractivity contribution < 1.29 is 14.4 Å². The molecule has 3 aromatic rings. The molecule has 0 radical (unpaired) electrons. The van der Waals surface area contributed by atoms with Crippen molar-refractivity contribution in [1.29, 1.82) is 0 Å². The molecule has 0 bridgehead atoms. The fourth-order valence-electron chi connectivity index (χ4n) is 3.48. The number of anilines is 3. The van der Waals surface area contributed by atoms with Gasteiger partial charge >= 0.3 is 0 Å². The van der Waals surface area contributed by atoms with Crippen LogP contribution in [0.2, 0.25) is 0 Å². The van der Waals surface area contributed by atoms with Gasteiger partial charge in [0.25, 0.3) is 5.91 Å². The molecular formula is C24H20BrN3O3. The first-order valence-corrected chi connectivity index (χ1v) is 10.6. The number of hydrogen-bond donors (Lipinski definition) is 2. The maximum atomic E-state index is 13.4. The molecule has 1 atom stereocenters. The maximum absolute atomic E-state index is 13.4. The van der Waals surface area contributed by atoms with Gasteiger partial charge < -0.3 is 10.6 Å². The average molecular weight is 478 g/mol. The van der Waals surface area contributed by atoms with Gasteiger partial charge in [-0.05, 0) is 55.5 Å². The van der Waals surface area contributed by atoms with Crippen LogP contribution in [0.5, 0.6) is 0 Å². The normalized spacial score (nSPS) is 15.1. The van der Waals surface area contributed by atoms with Crippen LogP contribution in [0.4, 0.5) is 17.1 Å². The highest BCUT2D eigenvalue weighted by molar-refractivity contribution is 9.10. The van der Waals surface area contributed by atoms with Crippen LogP contribution >= 0.6 is 15.9 Å². The van der Waals surface area contributed by atoms with Crippen molar-refractivity contribution >= 4 is 50.7 Å². The Balaban J connectivity index is 1.64. The van der Waals surface area contributed by atoms with Crippen LogP contribution in [-0.4, -0.2) is 23.8 Å². The Morgan fingerprint density at radius 1 is 1.00 bits per heavy atom. The van der Waals surface area contributed by atoms with Crippen LogP contribution in [0.3, 0.4) is 0 Å². The summed E-state index contributed by atoms with van der Waals surface area (Å²) in [6.45, 7) is 1.94. The molecule has 1 aliphatic rings. The van der Waals surface area contributed by atoms with Gasteiger partial charge in [0, 0.05) is 15.7 Å². The summed E-state index contributed by atoms with van der Waals surface area (Å²) >= 11 is 3.36. The Morgan fingerprint density at radius 2 is 1.68 bits per heavy atom. The zero-order chi connectivity index (χ0) is 22.0. The van der Waals surface area contributed by atoms with Crippen molar-refractivity contribution in [3.63, 3.8) is 0 Å². The topological polar surface area (TPSA) is 78.5 Å². The van der Waals surface area contributed by atoms with Crippen LogP contribution in [0.25, 0.3) is 0 Å². The Labute approximate surface area is 188 Å². The van der Waals surface area contributed by atoms with E-state index in [0.29, 0.717) is 22.6 Å². The largest absolute Gasteiger partial charge is 0.326 e. The lowest BCUT2D eigenvalue weighted by molar-refractivity contribution is -0.122. The first-order valence-electron chi connectivity index (χ1n) is 9.78. The van der Waals surface area contributed by atoms with Crippen molar-refractivity contribution in [3.05, 3.63) is 88.4 Å². The molecule has 0 saturated heterocycles. The van der Waals surface area contributed by atoms with E-state index >= 15 is 0 Å². The summed E-state index contributed by atoms with van der Waals surface area (Å²) in [5.74, 6) is -1.09. The van der Waals surface area contributed by atoms with Gasteiger partial charge in [0.05, 0.1) is 17.8 Å². The summed E-state index contributed by atoms with van der Waals surface area (Å²) < 4.78 is 0.892. The number of amides is 3. The maximum Gasteiger partial charge on any atom is 0.259 e. The number of nitrogens with one attached hydrogen (secondary N) is 2. The predicted octanol–water partition coefficient (Wildman–Crippen LogP) is 4.75. The number of aryl methyl sites for hydroxylation is 1. The lowest BCUT2D eigenvalue weighted by atomic mass is 10.0. The van der Waals surface area contributed by atoms with Gasteiger partial charge in [0.2, 0.25) is 11.8 Å². The Hall–Kier alpha value is -3.45. The van der Waals surface area contributed by atoms with E-state index in [1.54, 1.807) is 48.5 Å². The standard InChI is InChI=1S/C24H20BrN3O3/c1-15-6-8-16(9-7-15)24(31)28-20-5-3-2-4-19(20)27-23(30)21(28)14-22(29)26-18-12-10-17(25)11-13-18/h2-13,21H,14H2,1H3,(H,26,29)(H,27,30)/t21-/m1/s1. The summed E-state index contributed by atoms with van der Waals surface area (Å²) in [7, 11) is 0. The summed E-state index contributed by atoms with van der Waals surface area (Å²) in [6.07, 6.45) is -0.173. The van der Waals surface area contributed by atoms with Crippen molar-refractivity contribution in [2.45, 2.75) is 19.4 Å². The highest BCUT2D eigenvalue weighted by atomic mass is 79.9. The lowest BCUT2D eigenvalue weighted by Crippen LogP contribution is -2.52. The quantitative estimate of drug-likeness (QED) is 0.568. The molecule has 3 amide bonds. The van der Waals surface area contributed by atoms with E-state index < -0.39 is 11.9 Å². The van der Waals surface area contributed by atoms with Gasteiger partial charge in [-0.1, -0.05) is 45.8 Å². The van der Waals surface area contributed by atoms with E-state index in [4.69, 9.17) is 0 Å². The zero-order valence-electron chi connectivity index (χ0n) is 16.8. The number of fused-ring (bicyclic) bond motifs is 1. The molecule has 0 aliphatic carbocycles. The molecule has 2 N–H and O–H groups in total. The SMILES string of the molecule is Cc1ccc(C(=O)N2c3ccccc3NC(=O)[C@H]2CC(=O)Nc2ccc(Br)cc2)cc1. The molecule has 6 nitrogen and oxygen atoms in total. The monoisotopic (exact) mass is 477 g/mol. The third kappa shape index (κ3) is 4.51. The molecule has 4 rings (SSSR count). The molecule has 0 fully saturated rings. The minimum Gasteiger partial charge on any atom is -0.326 e. The van der Waals surface area contributed by atoms with Crippen molar-refractivity contribution in [3.8, 4) is 0 Å². The molecule has 156 valence electrons. The predicted molar refractivity (Wildman–Crippen MR) is 124 cm³/mol. The van der Waals surface area contributed by atoms with Gasteiger partial charge in [0.15, 0.2) is 0 Å². The molecule has 1 aliphatic heterocycles. The molecule has 0 unspecified atom stereocenters. The summed E-state index contributed by atoms with van der Waals surface area (Å²) in [5, 5.41) is 5.60. The highest BCUT2D eigenvalue weighted by Crippen LogP contribution is 2.34. The minimum absolute atomic E-state index is 0.173. The van der Waals surface area contributed by atoms with Gasteiger partial charge in [-0.15, -0.1) is 0 Å². The average Bonchev–Trinajstić information content (AvgIpc) is 2.76. The first kappa shape index (κ1) is 20.8. The number of rotatable bonds is 4. The molecule has 7 heteroatoms. The van der Waals surface area contributed by atoms with Gasteiger partial charge in [-0.2, -0.15) is 0 Å². The zero-order valence-corrected chi connectivity index (χ0v) is 18.3. The lowest BCUT2D eigenvalue weighted by Gasteiger charge is -2.36. The van der Waals surface area contributed by atoms with Crippen LogP contribution < -0.4 is 15.5 Å². The molecule has 0 saturated carbocycles. The third-order valence-electron chi connectivity index (χ3n) is 5.06. The minimum atomic E-state index is -0.973. The smallest absolute Gasteiger partial charge is 0.259 e. The van der Waals surface area contributed by atoms with Crippen LogP contribution in [0.1, 0.15) is 22.3 Å². The van der Waals surface area contributed by atoms with E-state index in [-0.39, 0.29) is 18.2 Å². The summed E-state index contributed by atoms with van der Waals surface area (Å²) in [4.78, 5) is 40.5. The van der Waals surface area contributed by atoms with Crippen LogP contribution in [0.15, 0.2) is 77.3 Å². The molecule has 0 spiro atoms. The molecule has 0 aromatic heterocycles. The number of benzene rings is 3. The van der Waals surface area contributed by atoms with E-state index in [2.05, 4.69) is 26.6 Å². The third-order valence-corrected chi connectivity index (χ3v) is 5.59. The van der Waals surface area contributed by atoms with E-state index in [0.717, 1.165) is 10.0 Å². The van der Waals surface area contributed by atoms with Crippen LogP contribution in [-0.2, 0) is 9.59 Å². The number of para-hydroxylation sites is 2. The van der Waals surface area contributed by atoms with Crippen molar-refractivity contribution in [2.24, 2.45) is 0 Å². The second-order valence-corrected chi connectivity index (χ2v) is 8.24. The van der Waals surface area contributed by atoms with Gasteiger partial charge in [-0.3, -0.25) is 19.3 Å². The first-order chi connectivity index (χ1) is 14.9. The van der Waals surface area contributed by atoms with Gasteiger partial charge in [0.1, 0.15) is 6.04 Å². The highest BCUT2D eigenvalue weighted by Gasteiger charge is 2.38. The van der Waals surface area contributed by atoms with Gasteiger partial charge in [-0.25, -0.2) is 0 Å². The Kier molecular flexibility index (Phi) is 5.86. The number of halogens is 1. The number of nitrogens with zero attached hydrogens (tertiary/aromatic N) is 1. The summed E-state index contributed by atoms with van der Waals surface area (Å²) in [5.41, 5.74) is 3.19. The fraction of sp³-hybridized carbons (Fsp3) is 0.125. The second kappa shape index (κ2) is 8.73. The molecular weight excluding hydrogens is 458 g/mol. The summed E-state index contributed by atoms with van der Waals surface area (Å²) in [6, 6.07) is 20.4. The number of carbonyl (C=O) groups is 3. The molecule has 1 heterocycles. The number of hydrogen-bond acceptors (Lipinski definition) is 3. The second-order valence-electron chi connectivity index (χ2n) is 7.32. The molecule has 31 heavy (non-hydrogen) atoms. The Bertz CT molecular complexity index is 1140. The molecule has 3 aromatic carbocycles. The van der Waals surface area contributed by atoms with E-state index in [9.17, 15) is 14.4 Å². The van der Waals surface area contributed by atoms with E-state index in [1.807, 2.05) is 31.2 Å². The number of carbonyl (C=O) groups excluding carboxylic acids is 3. The Morgan fingerprint density at radius 3 is 2.39 bits per heavy atom.